The first kappa shape index (κ1) is 23.1. The minimum Gasteiger partial charge on any atom is -0.504 e. The van der Waals surface area contributed by atoms with Gasteiger partial charge in [-0.2, -0.15) is 0 Å². The monoisotopic (exact) mass is 460 g/mol. The summed E-state index contributed by atoms with van der Waals surface area (Å²) in [6, 6.07) is 8.90. The summed E-state index contributed by atoms with van der Waals surface area (Å²) in [6.45, 7) is 3.51. The summed E-state index contributed by atoms with van der Waals surface area (Å²) in [5.74, 6) is -1.37. The Hall–Kier alpha value is -3.53. The number of amides is 2. The molecule has 2 aromatic carbocycles. The quantitative estimate of drug-likeness (QED) is 0.541. The van der Waals surface area contributed by atoms with Gasteiger partial charge >= 0.3 is 12.0 Å². The van der Waals surface area contributed by atoms with Crippen molar-refractivity contribution in [2.45, 2.75) is 24.8 Å². The summed E-state index contributed by atoms with van der Waals surface area (Å²) < 4.78 is 36.3. The van der Waals surface area contributed by atoms with E-state index < -0.39 is 33.6 Å². The van der Waals surface area contributed by atoms with E-state index in [-0.39, 0.29) is 34.3 Å². The lowest BCUT2D eigenvalue weighted by Crippen LogP contribution is -2.47. The first-order valence-corrected chi connectivity index (χ1v) is 11.5. The third-order valence-electron chi connectivity index (χ3n) is 4.90. The maximum Gasteiger partial charge on any atom is 0.338 e. The van der Waals surface area contributed by atoms with Crippen molar-refractivity contribution < 1.29 is 32.6 Å². The summed E-state index contributed by atoms with van der Waals surface area (Å²) in [6.07, 6.45) is 0. The highest BCUT2D eigenvalue weighted by Crippen LogP contribution is 2.34. The Morgan fingerprint density at radius 3 is 2.47 bits per heavy atom. The molecule has 1 aliphatic heterocycles. The Morgan fingerprint density at radius 1 is 1.16 bits per heavy atom. The number of carbonyl (C=O) groups excluding carboxylic acids is 2. The van der Waals surface area contributed by atoms with Gasteiger partial charge in [-0.05, 0) is 43.7 Å². The molecule has 0 aliphatic carbocycles. The molecule has 0 saturated heterocycles. The zero-order valence-electron chi connectivity index (χ0n) is 17.8. The fourth-order valence-corrected chi connectivity index (χ4v) is 4.65. The molecule has 0 bridgehead atoms. The van der Waals surface area contributed by atoms with Crippen LogP contribution in [0.5, 0.6) is 11.5 Å². The largest absolute Gasteiger partial charge is 0.504 e. The third kappa shape index (κ3) is 4.86. The van der Waals surface area contributed by atoms with Crippen LogP contribution in [0.3, 0.4) is 0 Å². The number of hydrogen-bond acceptors (Lipinski definition) is 7. The van der Waals surface area contributed by atoms with Gasteiger partial charge in [0.05, 0.1) is 36.0 Å². The summed E-state index contributed by atoms with van der Waals surface area (Å²) in [4.78, 5) is 25.3. The summed E-state index contributed by atoms with van der Waals surface area (Å²) in [5, 5.41) is 15.0. The molecule has 1 heterocycles. The molecule has 2 aromatic rings. The van der Waals surface area contributed by atoms with Crippen molar-refractivity contribution in [1.29, 1.82) is 0 Å². The van der Waals surface area contributed by atoms with Gasteiger partial charge in [0.25, 0.3) is 0 Å². The molecule has 170 valence electrons. The summed E-state index contributed by atoms with van der Waals surface area (Å²) in [5.41, 5.74) is 1.18. The highest BCUT2D eigenvalue weighted by molar-refractivity contribution is 7.91. The van der Waals surface area contributed by atoms with Crippen LogP contribution < -0.4 is 15.4 Å². The number of carbonyl (C=O) groups is 2. The van der Waals surface area contributed by atoms with E-state index >= 15 is 0 Å². The van der Waals surface area contributed by atoms with Crippen LogP contribution in [0.25, 0.3) is 0 Å². The Balaban J connectivity index is 2.12. The van der Waals surface area contributed by atoms with E-state index in [2.05, 4.69) is 10.6 Å². The van der Waals surface area contributed by atoms with Crippen molar-refractivity contribution in [3.8, 4) is 11.5 Å². The van der Waals surface area contributed by atoms with E-state index in [1.165, 1.54) is 37.4 Å². The van der Waals surface area contributed by atoms with Crippen LogP contribution >= 0.6 is 0 Å². The average molecular weight is 461 g/mol. The molecule has 1 atom stereocenters. The fraction of sp³-hybridized carbons (Fsp3) is 0.273. The van der Waals surface area contributed by atoms with E-state index in [1.807, 2.05) is 6.92 Å². The van der Waals surface area contributed by atoms with Crippen LogP contribution in [-0.2, 0) is 19.4 Å². The predicted octanol–water partition coefficient (Wildman–Crippen LogP) is 2.35. The number of phenolic OH excluding ortho intramolecular Hbond substituents is 1. The van der Waals surface area contributed by atoms with Gasteiger partial charge in [0.1, 0.15) is 0 Å². The van der Waals surface area contributed by atoms with E-state index in [4.69, 9.17) is 9.47 Å². The molecule has 0 saturated carbocycles. The molecular weight excluding hydrogens is 436 g/mol. The number of phenols is 1. The zero-order valence-corrected chi connectivity index (χ0v) is 18.7. The maximum absolute atomic E-state index is 13.0. The Labute approximate surface area is 186 Å². The normalized spacial score (nSPS) is 16.2. The minimum atomic E-state index is -3.88. The van der Waals surface area contributed by atoms with Crippen LogP contribution in [0.15, 0.2) is 58.6 Å². The lowest BCUT2D eigenvalue weighted by molar-refractivity contribution is -0.139. The number of nitrogens with one attached hydrogen (secondary N) is 2. The van der Waals surface area contributed by atoms with Gasteiger partial charge in [-0.1, -0.05) is 23.8 Å². The molecule has 3 N–H and O–H groups in total. The number of urea groups is 1. The van der Waals surface area contributed by atoms with Crippen molar-refractivity contribution in [1.82, 2.24) is 10.6 Å². The highest BCUT2D eigenvalue weighted by Gasteiger charge is 2.36. The fourth-order valence-electron chi connectivity index (χ4n) is 3.32. The summed E-state index contributed by atoms with van der Waals surface area (Å²) in [7, 11) is -2.52. The van der Waals surface area contributed by atoms with Crippen LogP contribution in [0.2, 0.25) is 0 Å². The smallest absolute Gasteiger partial charge is 0.338 e. The second-order valence-electron chi connectivity index (χ2n) is 7.15. The van der Waals surface area contributed by atoms with Gasteiger partial charge in [0.15, 0.2) is 21.3 Å². The molecule has 0 aromatic heterocycles. The van der Waals surface area contributed by atoms with Crippen molar-refractivity contribution in [2.24, 2.45) is 0 Å². The van der Waals surface area contributed by atoms with Crippen LogP contribution in [0.1, 0.15) is 24.1 Å². The van der Waals surface area contributed by atoms with Crippen molar-refractivity contribution >= 4 is 21.8 Å². The van der Waals surface area contributed by atoms with Crippen LogP contribution in [-0.4, -0.2) is 45.0 Å². The Kier molecular flexibility index (Phi) is 6.73. The van der Waals surface area contributed by atoms with Gasteiger partial charge in [-0.15, -0.1) is 0 Å². The Morgan fingerprint density at radius 2 is 1.84 bits per heavy atom. The second kappa shape index (κ2) is 9.31. The topological polar surface area (TPSA) is 131 Å². The number of sulfone groups is 1. The summed E-state index contributed by atoms with van der Waals surface area (Å²) >= 11 is 0. The van der Waals surface area contributed by atoms with Crippen LogP contribution in [0, 0.1) is 6.92 Å². The number of ether oxygens (including phenoxy) is 2. The predicted molar refractivity (Wildman–Crippen MR) is 116 cm³/mol. The van der Waals surface area contributed by atoms with Gasteiger partial charge in [-0.25, -0.2) is 18.0 Å². The number of rotatable bonds is 7. The second-order valence-corrected chi connectivity index (χ2v) is 9.14. The number of hydrogen-bond donors (Lipinski definition) is 3. The molecule has 10 heteroatoms. The standard InChI is InChI=1S/C22H24N2O7S/c1-4-31-21(26)19-16(12-32(28,29)15-8-5-13(2)6-9-15)23-22(27)24-20(19)14-7-10-17(25)18(11-14)30-3/h5-11,20,25H,4,12H2,1-3H3,(H2,23,24,27)/t20-/m0/s1. The first-order chi connectivity index (χ1) is 15.2. The molecule has 1 aliphatic rings. The number of aromatic hydroxyl groups is 1. The number of esters is 1. The SMILES string of the molecule is CCOC(=O)C1=C(CS(=O)(=O)c2ccc(C)cc2)NC(=O)N[C@H]1c1ccc(O)c(OC)c1. The van der Waals surface area contributed by atoms with E-state index in [1.54, 1.807) is 19.1 Å². The molecule has 32 heavy (non-hydrogen) atoms. The minimum absolute atomic E-state index is 0.0464. The van der Waals surface area contributed by atoms with Crippen LogP contribution in [0.4, 0.5) is 4.79 Å². The zero-order chi connectivity index (χ0) is 23.5. The lowest BCUT2D eigenvalue weighted by Gasteiger charge is -2.29. The molecule has 0 radical (unpaired) electrons. The average Bonchev–Trinajstić information content (AvgIpc) is 2.73. The van der Waals surface area contributed by atoms with Crippen molar-refractivity contribution in [2.75, 3.05) is 19.5 Å². The van der Waals surface area contributed by atoms with Gasteiger partial charge in [-0.3, -0.25) is 0 Å². The molecule has 3 rings (SSSR count). The third-order valence-corrected chi connectivity index (χ3v) is 6.56. The Bertz CT molecular complexity index is 1170. The maximum atomic E-state index is 13.0. The number of benzene rings is 2. The van der Waals surface area contributed by atoms with Gasteiger partial charge in [0, 0.05) is 5.70 Å². The van der Waals surface area contributed by atoms with E-state index in [0.29, 0.717) is 5.56 Å². The molecule has 0 fully saturated rings. The van der Waals surface area contributed by atoms with Gasteiger partial charge < -0.3 is 25.2 Å². The van der Waals surface area contributed by atoms with E-state index in [0.717, 1.165) is 5.56 Å². The van der Waals surface area contributed by atoms with E-state index in [9.17, 15) is 23.1 Å². The molecule has 2 amide bonds. The molecule has 0 spiro atoms. The van der Waals surface area contributed by atoms with Crippen molar-refractivity contribution in [3.05, 3.63) is 64.9 Å². The number of aryl methyl sites for hydroxylation is 1. The highest BCUT2D eigenvalue weighted by atomic mass is 32.2. The molecule has 9 nitrogen and oxygen atoms in total. The first-order valence-electron chi connectivity index (χ1n) is 9.80. The van der Waals surface area contributed by atoms with Crippen molar-refractivity contribution in [3.63, 3.8) is 0 Å². The van der Waals surface area contributed by atoms with Gasteiger partial charge in [0.2, 0.25) is 0 Å². The number of methoxy groups -OCH3 is 1. The molecular formula is C22H24N2O7S. The lowest BCUT2D eigenvalue weighted by atomic mass is 9.95. The molecule has 0 unspecified atom stereocenters.